The minimum atomic E-state index is -1.79. The quantitative estimate of drug-likeness (QED) is 0.625. The zero-order valence-corrected chi connectivity index (χ0v) is 13.7. The molecule has 0 saturated heterocycles. The van der Waals surface area contributed by atoms with Gasteiger partial charge in [0.1, 0.15) is 23.2 Å². The highest BCUT2D eigenvalue weighted by molar-refractivity contribution is 7.98. The van der Waals surface area contributed by atoms with Crippen LogP contribution in [0.2, 0.25) is 0 Å². The van der Waals surface area contributed by atoms with Gasteiger partial charge in [-0.05, 0) is 43.3 Å². The highest BCUT2D eigenvalue weighted by Gasteiger charge is 2.42. The number of aryl methyl sites for hydroxylation is 1. The number of hydrogen-bond donors (Lipinski definition) is 0. The Labute approximate surface area is 133 Å². The minimum absolute atomic E-state index is 1.28. The van der Waals surface area contributed by atoms with E-state index in [1.165, 1.54) is 21.5 Å². The number of benzene rings is 3. The van der Waals surface area contributed by atoms with Crippen molar-refractivity contribution in [1.29, 1.82) is 0 Å². The van der Waals surface area contributed by atoms with E-state index in [9.17, 15) is 0 Å². The Morgan fingerprint density at radius 3 is 1.45 bits per heavy atom. The van der Waals surface area contributed by atoms with Crippen LogP contribution in [0.3, 0.4) is 0 Å². The summed E-state index contributed by atoms with van der Waals surface area (Å²) >= 11 is 0. The summed E-state index contributed by atoms with van der Waals surface area (Å²) in [6, 6.07) is 30.4. The Kier molecular flexibility index (Phi) is 4.22. The highest BCUT2D eigenvalue weighted by atomic mass is 31.2. The normalized spacial score (nSPS) is 11.1. The average molecular weight is 303 g/mol. The lowest BCUT2D eigenvalue weighted by molar-refractivity contribution is 1.49. The Hall–Kier alpha value is -2.17. The van der Waals surface area contributed by atoms with Crippen LogP contribution in [-0.2, 0) is 0 Å². The molecule has 0 nitrogen and oxygen atoms in total. The van der Waals surface area contributed by atoms with E-state index in [-0.39, 0.29) is 0 Å². The number of hydrogen-bond acceptors (Lipinski definition) is 0. The van der Waals surface area contributed by atoms with Gasteiger partial charge in [0.05, 0.1) is 5.82 Å². The molecule has 108 valence electrons. The van der Waals surface area contributed by atoms with Gasteiger partial charge in [-0.3, -0.25) is 0 Å². The Morgan fingerprint density at radius 1 is 0.636 bits per heavy atom. The predicted octanol–water partition coefficient (Wildman–Crippen LogP) is 4.43. The van der Waals surface area contributed by atoms with Gasteiger partial charge in [-0.25, -0.2) is 0 Å². The molecule has 0 atom stereocenters. The van der Waals surface area contributed by atoms with Gasteiger partial charge >= 0.3 is 0 Å². The van der Waals surface area contributed by atoms with E-state index < -0.39 is 7.26 Å². The second kappa shape index (κ2) is 6.30. The molecule has 0 amide bonds. The fraction of sp³-hybridized carbons (Fsp3) is 0.0476. The van der Waals surface area contributed by atoms with Gasteiger partial charge in [0.2, 0.25) is 0 Å². The van der Waals surface area contributed by atoms with Crippen LogP contribution in [0, 0.1) is 6.92 Å². The van der Waals surface area contributed by atoms with Crippen molar-refractivity contribution in [2.45, 2.75) is 6.92 Å². The van der Waals surface area contributed by atoms with Crippen molar-refractivity contribution < 1.29 is 0 Å². The van der Waals surface area contributed by atoms with Gasteiger partial charge in [-0.2, -0.15) is 0 Å². The molecule has 0 N–H and O–H groups in total. The first-order chi connectivity index (χ1) is 10.8. The molecule has 0 unspecified atom stereocenters. The third-order valence-corrected chi connectivity index (χ3v) is 7.93. The lowest BCUT2D eigenvalue weighted by atomic mass is 10.2. The van der Waals surface area contributed by atoms with E-state index >= 15 is 0 Å². The molecule has 0 saturated carbocycles. The highest BCUT2D eigenvalue weighted by Crippen LogP contribution is 2.56. The molecule has 3 aromatic rings. The van der Waals surface area contributed by atoms with Crippen LogP contribution in [-0.4, -0.2) is 0 Å². The monoisotopic (exact) mass is 303 g/mol. The van der Waals surface area contributed by atoms with Crippen molar-refractivity contribution in [3.05, 3.63) is 103 Å². The molecule has 0 spiro atoms. The third kappa shape index (κ3) is 2.51. The topological polar surface area (TPSA) is 0 Å². The molecule has 0 radical (unpaired) electrons. The molecule has 0 heterocycles. The molecule has 1 heteroatoms. The molecule has 0 fully saturated rings. The zero-order chi connectivity index (χ0) is 15.4. The maximum Gasteiger partial charge on any atom is 0.136 e. The molecule has 0 aliphatic heterocycles. The van der Waals surface area contributed by atoms with Gasteiger partial charge in [0, 0.05) is 0 Å². The van der Waals surface area contributed by atoms with E-state index in [1.807, 2.05) is 0 Å². The second-order valence-electron chi connectivity index (χ2n) is 5.41. The van der Waals surface area contributed by atoms with Crippen LogP contribution in [0.1, 0.15) is 5.56 Å². The zero-order valence-electron chi connectivity index (χ0n) is 12.8. The number of rotatable bonds is 4. The van der Waals surface area contributed by atoms with Gasteiger partial charge in [-0.15, -0.1) is 0 Å². The summed E-state index contributed by atoms with van der Waals surface area (Å²) in [5.41, 5.74) is 1.28. The van der Waals surface area contributed by atoms with Crippen LogP contribution in [0.15, 0.2) is 97.3 Å². The van der Waals surface area contributed by atoms with E-state index in [0.29, 0.717) is 0 Å². The summed E-state index contributed by atoms with van der Waals surface area (Å²) in [6.07, 6.45) is 0. The SMILES string of the molecule is C=C[P+](c1ccccc1)(c1ccccc1)c1ccc(C)cc1. The van der Waals surface area contributed by atoms with Crippen molar-refractivity contribution in [2.24, 2.45) is 0 Å². The third-order valence-electron chi connectivity index (χ3n) is 4.04. The van der Waals surface area contributed by atoms with Gasteiger partial charge < -0.3 is 0 Å². The summed E-state index contributed by atoms with van der Waals surface area (Å²) in [5, 5.41) is 4.05. The summed E-state index contributed by atoms with van der Waals surface area (Å²) in [4.78, 5) is 0. The maximum absolute atomic E-state index is 4.23. The van der Waals surface area contributed by atoms with Crippen LogP contribution in [0.25, 0.3) is 0 Å². The lowest BCUT2D eigenvalue weighted by Gasteiger charge is -2.23. The average Bonchev–Trinajstić information content (AvgIpc) is 2.59. The first-order valence-electron chi connectivity index (χ1n) is 7.48. The van der Waals surface area contributed by atoms with Crippen molar-refractivity contribution in [3.8, 4) is 0 Å². The van der Waals surface area contributed by atoms with E-state index in [0.717, 1.165) is 0 Å². The minimum Gasteiger partial charge on any atom is -0.0627 e. The van der Waals surface area contributed by atoms with Crippen LogP contribution >= 0.6 is 7.26 Å². The first-order valence-corrected chi connectivity index (χ1v) is 9.34. The van der Waals surface area contributed by atoms with Crippen molar-refractivity contribution >= 4 is 23.2 Å². The molecule has 3 rings (SSSR count). The van der Waals surface area contributed by atoms with Crippen molar-refractivity contribution in [3.63, 3.8) is 0 Å². The summed E-state index contributed by atoms with van der Waals surface area (Å²) < 4.78 is 0. The fourth-order valence-corrected chi connectivity index (χ4v) is 6.30. The smallest absolute Gasteiger partial charge is 0.0627 e. The maximum atomic E-state index is 4.23. The Bertz CT molecular complexity index is 703. The van der Waals surface area contributed by atoms with E-state index in [4.69, 9.17) is 0 Å². The lowest BCUT2D eigenvalue weighted by Crippen LogP contribution is -2.29. The molecular formula is C21H20P+. The largest absolute Gasteiger partial charge is 0.136 e. The molecule has 0 aliphatic carbocycles. The Morgan fingerprint density at radius 2 is 1.05 bits per heavy atom. The van der Waals surface area contributed by atoms with Crippen LogP contribution < -0.4 is 15.9 Å². The molecule has 0 aromatic heterocycles. The van der Waals surface area contributed by atoms with Crippen LogP contribution in [0.4, 0.5) is 0 Å². The Balaban J connectivity index is 2.30. The summed E-state index contributed by atoms with van der Waals surface area (Å²) in [5.74, 6) is 2.17. The van der Waals surface area contributed by atoms with Gasteiger partial charge in [0.15, 0.2) is 0 Å². The first kappa shape index (κ1) is 14.8. The molecule has 0 aliphatic rings. The molecule has 0 bridgehead atoms. The summed E-state index contributed by atoms with van der Waals surface area (Å²) in [6.45, 7) is 6.36. The second-order valence-corrected chi connectivity index (χ2v) is 8.77. The van der Waals surface area contributed by atoms with E-state index in [2.05, 4.69) is 104 Å². The molecular weight excluding hydrogens is 283 g/mol. The summed E-state index contributed by atoms with van der Waals surface area (Å²) in [7, 11) is -1.79. The fourth-order valence-electron chi connectivity index (χ4n) is 2.87. The van der Waals surface area contributed by atoms with Gasteiger partial charge in [-0.1, -0.05) is 60.7 Å². The van der Waals surface area contributed by atoms with Crippen molar-refractivity contribution in [1.82, 2.24) is 0 Å². The molecule has 22 heavy (non-hydrogen) atoms. The standard InChI is InChI=1S/C21H20P/c1-3-22(19-10-6-4-7-11-19,20-12-8-5-9-13-20)21-16-14-18(2)15-17-21/h3-17H,1H2,2H3/q+1. The van der Waals surface area contributed by atoms with E-state index in [1.54, 1.807) is 0 Å². The predicted molar refractivity (Wildman–Crippen MR) is 100 cm³/mol. The van der Waals surface area contributed by atoms with Gasteiger partial charge in [0.25, 0.3) is 0 Å². The molecule has 3 aromatic carbocycles. The van der Waals surface area contributed by atoms with Crippen LogP contribution in [0.5, 0.6) is 0 Å². The van der Waals surface area contributed by atoms with Crippen molar-refractivity contribution in [2.75, 3.05) is 0 Å².